The number of hydrogen-bond acceptors (Lipinski definition) is 3. The Labute approximate surface area is 157 Å². The largest absolute Gasteiger partial charge is 0.212 e. The van der Waals surface area contributed by atoms with Crippen molar-refractivity contribution in [3.8, 4) is 17.1 Å². The lowest BCUT2D eigenvalue weighted by Gasteiger charge is -2.05. The van der Waals surface area contributed by atoms with Crippen molar-refractivity contribution in [3.63, 3.8) is 0 Å². The van der Waals surface area contributed by atoms with Crippen molar-refractivity contribution in [2.45, 2.75) is 17.8 Å². The van der Waals surface area contributed by atoms with E-state index in [4.69, 9.17) is 10.1 Å². The molecule has 0 N–H and O–H groups in total. The van der Waals surface area contributed by atoms with Gasteiger partial charge in [0.1, 0.15) is 0 Å². The van der Waals surface area contributed by atoms with Gasteiger partial charge in [0.05, 0.1) is 5.69 Å². The molecule has 0 unspecified atom stereocenters. The minimum atomic E-state index is 0.786. The van der Waals surface area contributed by atoms with E-state index in [0.717, 1.165) is 28.0 Å². The van der Waals surface area contributed by atoms with E-state index in [1.807, 2.05) is 41.1 Å². The molecule has 3 nitrogen and oxygen atoms in total. The smallest absolute Gasteiger partial charge is 0.209 e. The van der Waals surface area contributed by atoms with Crippen molar-refractivity contribution in [1.29, 1.82) is 0 Å². The molecule has 4 heteroatoms. The highest BCUT2D eigenvalue weighted by atomic mass is 32.2. The van der Waals surface area contributed by atoms with E-state index < -0.39 is 0 Å². The molecule has 0 amide bonds. The lowest BCUT2D eigenvalue weighted by atomic mass is 10.2. The molecular weight excluding hydrogens is 338 g/mol. The molecule has 0 saturated carbocycles. The highest BCUT2D eigenvalue weighted by Gasteiger charge is 2.13. The van der Waals surface area contributed by atoms with Crippen molar-refractivity contribution in [2.75, 3.05) is 0 Å². The number of aromatic nitrogens is 3. The molecule has 0 bridgehead atoms. The summed E-state index contributed by atoms with van der Waals surface area (Å²) in [6, 6.07) is 28.9. The molecule has 3 aromatic carbocycles. The Bertz CT molecular complexity index is 937. The average Bonchev–Trinajstić information content (AvgIpc) is 3.12. The molecule has 4 rings (SSSR count). The highest BCUT2D eigenvalue weighted by molar-refractivity contribution is 7.98. The van der Waals surface area contributed by atoms with Gasteiger partial charge in [-0.25, -0.2) is 9.67 Å². The molecule has 1 heterocycles. The van der Waals surface area contributed by atoms with Gasteiger partial charge in [-0.15, -0.1) is 5.10 Å². The number of rotatable bonds is 5. The first-order valence-corrected chi connectivity index (χ1v) is 9.54. The van der Waals surface area contributed by atoms with Crippen molar-refractivity contribution in [3.05, 3.63) is 96.1 Å². The molecule has 0 aliphatic carbocycles. The van der Waals surface area contributed by atoms with Gasteiger partial charge in [-0.05, 0) is 24.6 Å². The number of nitrogens with zero attached hydrogens (tertiary/aromatic N) is 3. The van der Waals surface area contributed by atoms with Gasteiger partial charge >= 0.3 is 0 Å². The number of hydrogen-bond donors (Lipinski definition) is 0. The van der Waals surface area contributed by atoms with Crippen LogP contribution in [0.25, 0.3) is 17.1 Å². The van der Waals surface area contributed by atoms with Gasteiger partial charge in [-0.1, -0.05) is 90.1 Å². The topological polar surface area (TPSA) is 30.7 Å². The molecule has 0 fully saturated rings. The van der Waals surface area contributed by atoms with Gasteiger partial charge in [0, 0.05) is 11.3 Å². The van der Waals surface area contributed by atoms with Crippen LogP contribution in [0.5, 0.6) is 0 Å². The zero-order chi connectivity index (χ0) is 17.8. The molecule has 26 heavy (non-hydrogen) atoms. The van der Waals surface area contributed by atoms with Crippen molar-refractivity contribution in [1.82, 2.24) is 14.8 Å². The molecule has 0 radical (unpaired) electrons. The summed E-state index contributed by atoms with van der Waals surface area (Å²) in [6.45, 7) is 2.12. The van der Waals surface area contributed by atoms with E-state index >= 15 is 0 Å². The van der Waals surface area contributed by atoms with E-state index in [0.29, 0.717) is 0 Å². The molecule has 0 aliphatic heterocycles. The van der Waals surface area contributed by atoms with Gasteiger partial charge in [-0.3, -0.25) is 0 Å². The molecule has 128 valence electrons. The van der Waals surface area contributed by atoms with Crippen LogP contribution in [0.1, 0.15) is 11.1 Å². The minimum Gasteiger partial charge on any atom is -0.212 e. The fourth-order valence-corrected chi connectivity index (χ4v) is 3.59. The van der Waals surface area contributed by atoms with Gasteiger partial charge in [0.25, 0.3) is 0 Å². The maximum atomic E-state index is 4.81. The summed E-state index contributed by atoms with van der Waals surface area (Å²) in [7, 11) is 0. The lowest BCUT2D eigenvalue weighted by Crippen LogP contribution is -1.99. The van der Waals surface area contributed by atoms with Crippen molar-refractivity contribution in [2.24, 2.45) is 0 Å². The third kappa shape index (κ3) is 3.70. The number of benzene rings is 3. The van der Waals surface area contributed by atoms with Gasteiger partial charge < -0.3 is 0 Å². The molecule has 1 aromatic heterocycles. The number of para-hydroxylation sites is 1. The van der Waals surface area contributed by atoms with Crippen LogP contribution in [-0.2, 0) is 5.75 Å². The first kappa shape index (κ1) is 16.6. The first-order chi connectivity index (χ1) is 12.8. The molecule has 0 aliphatic rings. The fraction of sp³-hybridized carbons (Fsp3) is 0.0909. The number of thioether (sulfide) groups is 1. The number of aryl methyl sites for hydroxylation is 1. The summed E-state index contributed by atoms with van der Waals surface area (Å²) in [5, 5.41) is 5.55. The third-order valence-electron chi connectivity index (χ3n) is 4.07. The first-order valence-electron chi connectivity index (χ1n) is 8.56. The van der Waals surface area contributed by atoms with E-state index in [-0.39, 0.29) is 0 Å². The molecule has 0 atom stereocenters. The van der Waals surface area contributed by atoms with Crippen LogP contribution in [0.3, 0.4) is 0 Å². The second-order valence-corrected chi connectivity index (χ2v) is 7.05. The predicted octanol–water partition coefficient (Wildman–Crippen LogP) is 5.54. The summed E-state index contributed by atoms with van der Waals surface area (Å²) in [4.78, 5) is 4.81. The van der Waals surface area contributed by atoms with Gasteiger partial charge in [0.15, 0.2) is 5.82 Å². The summed E-state index contributed by atoms with van der Waals surface area (Å²) >= 11 is 1.66. The maximum absolute atomic E-state index is 4.81. The van der Waals surface area contributed by atoms with Crippen LogP contribution < -0.4 is 0 Å². The monoisotopic (exact) mass is 357 g/mol. The Morgan fingerprint density at radius 1 is 0.846 bits per heavy atom. The van der Waals surface area contributed by atoms with Crippen LogP contribution in [0.15, 0.2) is 90.1 Å². The Kier molecular flexibility index (Phi) is 4.84. The van der Waals surface area contributed by atoms with E-state index in [9.17, 15) is 0 Å². The Balaban J connectivity index is 1.67. The van der Waals surface area contributed by atoms with Crippen molar-refractivity contribution < 1.29 is 0 Å². The van der Waals surface area contributed by atoms with Gasteiger partial charge in [0.2, 0.25) is 5.16 Å². The summed E-state index contributed by atoms with van der Waals surface area (Å²) < 4.78 is 1.92. The van der Waals surface area contributed by atoms with Gasteiger partial charge in [-0.2, -0.15) is 0 Å². The zero-order valence-electron chi connectivity index (χ0n) is 14.5. The highest BCUT2D eigenvalue weighted by Crippen LogP contribution is 2.26. The Hall–Kier alpha value is -2.85. The summed E-state index contributed by atoms with van der Waals surface area (Å²) in [6.07, 6.45) is 0. The normalized spacial score (nSPS) is 10.8. The van der Waals surface area contributed by atoms with Crippen LogP contribution in [-0.4, -0.2) is 14.8 Å². The summed E-state index contributed by atoms with van der Waals surface area (Å²) in [5.41, 5.74) is 4.63. The second-order valence-electron chi connectivity index (χ2n) is 6.11. The zero-order valence-corrected chi connectivity index (χ0v) is 15.4. The Morgan fingerprint density at radius 2 is 1.58 bits per heavy atom. The average molecular weight is 357 g/mol. The fourth-order valence-electron chi connectivity index (χ4n) is 2.83. The lowest BCUT2D eigenvalue weighted by molar-refractivity contribution is 0.839. The SMILES string of the molecule is Cc1cccc(CSc2nc(-c3ccccc3)n(-c3ccccc3)n2)c1. The molecule has 0 spiro atoms. The van der Waals surface area contributed by atoms with Crippen LogP contribution >= 0.6 is 11.8 Å². The molecular formula is C22H19N3S. The Morgan fingerprint density at radius 3 is 2.31 bits per heavy atom. The molecule has 4 aromatic rings. The van der Waals surface area contributed by atoms with Crippen LogP contribution in [0.2, 0.25) is 0 Å². The molecule has 0 saturated heterocycles. The van der Waals surface area contributed by atoms with E-state index in [1.165, 1.54) is 11.1 Å². The quantitative estimate of drug-likeness (QED) is 0.440. The van der Waals surface area contributed by atoms with E-state index in [1.54, 1.807) is 11.8 Å². The predicted molar refractivity (Wildman–Crippen MR) is 108 cm³/mol. The minimum absolute atomic E-state index is 0.786. The standard InChI is InChI=1S/C22H19N3S/c1-17-9-8-10-18(15-17)16-26-22-23-21(19-11-4-2-5-12-19)25(24-22)20-13-6-3-7-14-20/h2-15H,16H2,1H3. The third-order valence-corrected chi connectivity index (χ3v) is 4.98. The summed E-state index contributed by atoms with van der Waals surface area (Å²) in [5.74, 6) is 1.72. The van der Waals surface area contributed by atoms with Crippen molar-refractivity contribution >= 4 is 11.8 Å². The second kappa shape index (κ2) is 7.58. The van der Waals surface area contributed by atoms with E-state index in [2.05, 4.69) is 55.5 Å². The van der Waals surface area contributed by atoms with Crippen LogP contribution in [0, 0.1) is 6.92 Å². The maximum Gasteiger partial charge on any atom is 0.209 e. The van der Waals surface area contributed by atoms with Crippen LogP contribution in [0.4, 0.5) is 0 Å².